The lowest BCUT2D eigenvalue weighted by molar-refractivity contribution is -0.116. The van der Waals surface area contributed by atoms with Gasteiger partial charge in [-0.05, 0) is 18.6 Å². The maximum absolute atomic E-state index is 12.5. The average molecular weight is 332 g/mol. The van der Waals surface area contributed by atoms with E-state index in [0.29, 0.717) is 24.2 Å². The second-order valence-electron chi connectivity index (χ2n) is 6.09. The summed E-state index contributed by atoms with van der Waals surface area (Å²) in [6.07, 6.45) is 5.37. The molecule has 0 unspecified atom stereocenters. The van der Waals surface area contributed by atoms with Gasteiger partial charge in [0.15, 0.2) is 5.78 Å². The standard InChI is InChI=1S/C19H16N4O2/c20-9-14-17(18-15(24)7-4-8-16(18)25-19(14)21)12-10-22-23(11-12)13-5-2-1-3-6-13/h1-3,5-6,10-11,17H,4,7-8,21H2/t17-/m1/s1. The molecule has 2 heterocycles. The number of carbonyl (C=O) groups excluding carboxylic acids is 1. The summed E-state index contributed by atoms with van der Waals surface area (Å²) in [5, 5.41) is 14.0. The first-order chi connectivity index (χ1) is 12.2. The maximum atomic E-state index is 12.5. The number of ketones is 1. The molecule has 0 radical (unpaired) electrons. The van der Waals surface area contributed by atoms with E-state index < -0.39 is 5.92 Å². The fourth-order valence-electron chi connectivity index (χ4n) is 3.40. The Balaban J connectivity index is 1.82. The molecular formula is C19H16N4O2. The highest BCUT2D eigenvalue weighted by atomic mass is 16.5. The van der Waals surface area contributed by atoms with E-state index in [-0.39, 0.29) is 17.2 Å². The Bertz CT molecular complexity index is 947. The van der Waals surface area contributed by atoms with E-state index in [0.717, 1.165) is 17.7 Å². The number of carbonyl (C=O) groups is 1. The number of nitrogens with zero attached hydrogens (tertiary/aromatic N) is 3. The number of Topliss-reactive ketones (excluding diaryl/α,β-unsaturated/α-hetero) is 1. The van der Waals surface area contributed by atoms with Crippen LogP contribution in [0.3, 0.4) is 0 Å². The summed E-state index contributed by atoms with van der Waals surface area (Å²) in [4.78, 5) is 12.5. The van der Waals surface area contributed by atoms with Gasteiger partial charge >= 0.3 is 0 Å². The molecule has 0 saturated heterocycles. The van der Waals surface area contributed by atoms with Crippen molar-refractivity contribution in [3.63, 3.8) is 0 Å². The summed E-state index contributed by atoms with van der Waals surface area (Å²) in [6, 6.07) is 11.8. The third-order valence-corrected chi connectivity index (χ3v) is 4.56. The summed E-state index contributed by atoms with van der Waals surface area (Å²) < 4.78 is 7.30. The summed E-state index contributed by atoms with van der Waals surface area (Å²) in [5.41, 5.74) is 8.42. The molecule has 6 nitrogen and oxygen atoms in total. The minimum atomic E-state index is -0.515. The predicted octanol–water partition coefficient (Wildman–Crippen LogP) is 2.69. The maximum Gasteiger partial charge on any atom is 0.205 e. The van der Waals surface area contributed by atoms with Crippen LogP contribution in [0.4, 0.5) is 0 Å². The Morgan fingerprint density at radius 1 is 1.28 bits per heavy atom. The average Bonchev–Trinajstić information content (AvgIpc) is 3.11. The van der Waals surface area contributed by atoms with Crippen molar-refractivity contribution in [2.45, 2.75) is 25.2 Å². The highest BCUT2D eigenvalue weighted by Gasteiger charge is 2.38. The van der Waals surface area contributed by atoms with E-state index in [1.807, 2.05) is 36.5 Å². The normalized spacial score (nSPS) is 20.1. The van der Waals surface area contributed by atoms with Gasteiger partial charge in [-0.1, -0.05) is 18.2 Å². The van der Waals surface area contributed by atoms with Gasteiger partial charge in [0, 0.05) is 30.2 Å². The molecule has 2 aliphatic rings. The lowest BCUT2D eigenvalue weighted by Gasteiger charge is -2.30. The van der Waals surface area contributed by atoms with E-state index >= 15 is 0 Å². The van der Waals surface area contributed by atoms with Gasteiger partial charge in [0.2, 0.25) is 5.88 Å². The first-order valence-electron chi connectivity index (χ1n) is 8.13. The Labute approximate surface area is 144 Å². The molecule has 4 rings (SSSR count). The third-order valence-electron chi connectivity index (χ3n) is 4.56. The number of hydrogen-bond acceptors (Lipinski definition) is 5. The first-order valence-corrected chi connectivity index (χ1v) is 8.13. The zero-order valence-electron chi connectivity index (χ0n) is 13.5. The fourth-order valence-corrected chi connectivity index (χ4v) is 3.40. The lowest BCUT2D eigenvalue weighted by Crippen LogP contribution is -2.27. The van der Waals surface area contributed by atoms with Crippen LogP contribution >= 0.6 is 0 Å². The topological polar surface area (TPSA) is 93.9 Å². The van der Waals surface area contributed by atoms with E-state index in [2.05, 4.69) is 11.2 Å². The SMILES string of the molecule is N#CC1=C(N)OC2=C(C(=O)CCC2)[C@@H]1c1cnn(-c2ccccc2)c1. The molecule has 1 aliphatic carbocycles. The second-order valence-corrected chi connectivity index (χ2v) is 6.09. The highest BCUT2D eigenvalue weighted by Crippen LogP contribution is 2.43. The predicted molar refractivity (Wildman–Crippen MR) is 90.1 cm³/mol. The third kappa shape index (κ3) is 2.50. The van der Waals surface area contributed by atoms with Gasteiger partial charge in [-0.15, -0.1) is 0 Å². The monoisotopic (exact) mass is 332 g/mol. The van der Waals surface area contributed by atoms with Crippen molar-refractivity contribution in [3.05, 3.63) is 71.1 Å². The van der Waals surface area contributed by atoms with Crippen molar-refractivity contribution in [2.75, 3.05) is 0 Å². The number of allylic oxidation sites excluding steroid dienone is 3. The van der Waals surface area contributed by atoms with Crippen molar-refractivity contribution in [3.8, 4) is 11.8 Å². The van der Waals surface area contributed by atoms with Gasteiger partial charge in [0.05, 0.1) is 17.8 Å². The van der Waals surface area contributed by atoms with Crippen LogP contribution in [-0.4, -0.2) is 15.6 Å². The molecule has 1 aromatic heterocycles. The second kappa shape index (κ2) is 5.95. The summed E-state index contributed by atoms with van der Waals surface area (Å²) >= 11 is 0. The molecule has 0 bridgehead atoms. The molecule has 0 fully saturated rings. The zero-order chi connectivity index (χ0) is 17.4. The molecule has 124 valence electrons. The Hall–Kier alpha value is -3.33. The van der Waals surface area contributed by atoms with Crippen molar-refractivity contribution in [1.82, 2.24) is 9.78 Å². The number of nitriles is 1. The van der Waals surface area contributed by atoms with Crippen molar-refractivity contribution >= 4 is 5.78 Å². The molecule has 1 aromatic carbocycles. The molecular weight excluding hydrogens is 316 g/mol. The molecule has 25 heavy (non-hydrogen) atoms. The Kier molecular flexibility index (Phi) is 3.62. The van der Waals surface area contributed by atoms with Crippen molar-refractivity contribution in [2.24, 2.45) is 5.73 Å². The van der Waals surface area contributed by atoms with Gasteiger partial charge in [0.25, 0.3) is 0 Å². The van der Waals surface area contributed by atoms with Crippen LogP contribution in [0.5, 0.6) is 0 Å². The van der Waals surface area contributed by atoms with Crippen molar-refractivity contribution < 1.29 is 9.53 Å². The molecule has 1 atom stereocenters. The van der Waals surface area contributed by atoms with Crippen LogP contribution in [0, 0.1) is 11.3 Å². The number of hydrogen-bond donors (Lipinski definition) is 1. The first kappa shape index (κ1) is 15.2. The van der Waals surface area contributed by atoms with E-state index in [1.54, 1.807) is 10.9 Å². The van der Waals surface area contributed by atoms with Crippen LogP contribution in [-0.2, 0) is 9.53 Å². The molecule has 0 saturated carbocycles. The smallest absolute Gasteiger partial charge is 0.205 e. The molecule has 2 N–H and O–H groups in total. The number of benzene rings is 1. The van der Waals surface area contributed by atoms with E-state index in [4.69, 9.17) is 10.5 Å². The molecule has 6 heteroatoms. The fraction of sp³-hybridized carbons (Fsp3) is 0.211. The van der Waals surface area contributed by atoms with Crippen LogP contribution in [0.25, 0.3) is 5.69 Å². The van der Waals surface area contributed by atoms with Gasteiger partial charge in [-0.3, -0.25) is 4.79 Å². The Morgan fingerprint density at radius 3 is 2.84 bits per heavy atom. The number of aromatic nitrogens is 2. The molecule has 0 amide bonds. The van der Waals surface area contributed by atoms with E-state index in [1.165, 1.54) is 0 Å². The number of ether oxygens (including phenoxy) is 1. The summed E-state index contributed by atoms with van der Waals surface area (Å²) in [5.74, 6) is 0.164. The van der Waals surface area contributed by atoms with Crippen LogP contribution in [0.1, 0.15) is 30.7 Å². The largest absolute Gasteiger partial charge is 0.444 e. The molecule has 0 spiro atoms. The summed E-state index contributed by atoms with van der Waals surface area (Å²) in [7, 11) is 0. The highest BCUT2D eigenvalue weighted by molar-refractivity contribution is 5.99. The minimum Gasteiger partial charge on any atom is -0.444 e. The van der Waals surface area contributed by atoms with Crippen LogP contribution in [0.2, 0.25) is 0 Å². The summed E-state index contributed by atoms with van der Waals surface area (Å²) in [6.45, 7) is 0. The Morgan fingerprint density at radius 2 is 2.08 bits per heavy atom. The number of nitrogens with two attached hydrogens (primary N) is 1. The van der Waals surface area contributed by atoms with E-state index in [9.17, 15) is 10.1 Å². The minimum absolute atomic E-state index is 0.0129. The lowest BCUT2D eigenvalue weighted by atomic mass is 9.78. The van der Waals surface area contributed by atoms with Gasteiger partial charge in [-0.2, -0.15) is 10.4 Å². The van der Waals surface area contributed by atoms with Gasteiger partial charge in [0.1, 0.15) is 17.4 Å². The molecule has 2 aromatic rings. The van der Waals surface area contributed by atoms with Crippen LogP contribution in [0.15, 0.2) is 65.5 Å². The van der Waals surface area contributed by atoms with Gasteiger partial charge in [-0.25, -0.2) is 4.68 Å². The van der Waals surface area contributed by atoms with Crippen molar-refractivity contribution in [1.29, 1.82) is 5.26 Å². The van der Waals surface area contributed by atoms with Crippen LogP contribution < -0.4 is 5.73 Å². The quantitative estimate of drug-likeness (QED) is 0.912. The number of rotatable bonds is 2. The molecule has 1 aliphatic heterocycles. The number of para-hydroxylation sites is 1. The zero-order valence-corrected chi connectivity index (χ0v) is 13.5. The van der Waals surface area contributed by atoms with Gasteiger partial charge < -0.3 is 10.5 Å².